The molecule has 0 aliphatic carbocycles. The van der Waals surface area contributed by atoms with E-state index in [0.29, 0.717) is 17.9 Å². The van der Waals surface area contributed by atoms with Crippen LogP contribution >= 0.6 is 0 Å². The largest absolute Gasteiger partial charge is 0.493 e. The molecule has 1 aromatic heterocycles. The van der Waals surface area contributed by atoms with Gasteiger partial charge in [-0.2, -0.15) is 0 Å². The van der Waals surface area contributed by atoms with Crippen LogP contribution in [0.25, 0.3) is 10.9 Å². The Morgan fingerprint density at radius 1 is 1.27 bits per heavy atom. The van der Waals surface area contributed by atoms with E-state index in [9.17, 15) is 4.79 Å². The summed E-state index contributed by atoms with van der Waals surface area (Å²) in [6.45, 7) is 13.7. The zero-order chi connectivity index (χ0) is 18.8. The predicted octanol–water partition coefficient (Wildman–Crippen LogP) is 2.06. The van der Waals surface area contributed by atoms with Crippen LogP contribution in [0.3, 0.4) is 0 Å². The van der Waals surface area contributed by atoms with Gasteiger partial charge in [-0.15, -0.1) is 0 Å². The second-order valence-electron chi connectivity index (χ2n) is 8.06. The minimum atomic E-state index is 0.116. The van der Waals surface area contributed by atoms with Crippen LogP contribution in [-0.4, -0.2) is 36.9 Å². The van der Waals surface area contributed by atoms with Crippen LogP contribution in [0, 0.1) is 12.8 Å². The molecule has 5 nitrogen and oxygen atoms in total. The number of ether oxygens (including phenoxy) is 2. The van der Waals surface area contributed by atoms with Gasteiger partial charge in [-0.1, -0.05) is 13.8 Å². The molecule has 0 amide bonds. The Bertz CT molecular complexity index is 818. The lowest BCUT2D eigenvalue weighted by Crippen LogP contribution is -3.14. The highest BCUT2D eigenvalue weighted by molar-refractivity contribution is 5.81. The number of aromatic amines is 1. The average molecular weight is 359 g/mol. The van der Waals surface area contributed by atoms with Gasteiger partial charge in [-0.05, 0) is 44.9 Å². The molecular formula is C21H31N2O3+. The van der Waals surface area contributed by atoms with Crippen molar-refractivity contribution >= 4 is 10.9 Å². The molecule has 0 bridgehead atoms. The molecule has 142 valence electrons. The maximum absolute atomic E-state index is 13.2. The van der Waals surface area contributed by atoms with Gasteiger partial charge in [0.2, 0.25) is 0 Å². The van der Waals surface area contributed by atoms with E-state index in [1.165, 1.54) is 4.90 Å². The summed E-state index contributed by atoms with van der Waals surface area (Å²) in [6.07, 6.45) is 0.453. The summed E-state index contributed by atoms with van der Waals surface area (Å²) in [6, 6.07) is 5.74. The van der Waals surface area contributed by atoms with Crippen molar-refractivity contribution < 1.29 is 14.4 Å². The second kappa shape index (κ2) is 7.80. The standard InChI is InChI=1S/C21H30N2O3/c1-13(2)12-25-17-6-7-20-18(8-17)21(24)19(16(5)22-20)11-23-9-14(3)26-15(4)10-23/h6-8,13-15H,9-12H2,1-5H3,(H,22,24)/p+1/t14-,15+. The summed E-state index contributed by atoms with van der Waals surface area (Å²) in [5.74, 6) is 1.21. The fourth-order valence-electron chi connectivity index (χ4n) is 3.78. The molecule has 5 heteroatoms. The summed E-state index contributed by atoms with van der Waals surface area (Å²) < 4.78 is 11.6. The van der Waals surface area contributed by atoms with Crippen molar-refractivity contribution in [3.63, 3.8) is 0 Å². The number of morpholine rings is 1. The molecule has 1 aromatic carbocycles. The zero-order valence-electron chi connectivity index (χ0n) is 16.5. The van der Waals surface area contributed by atoms with E-state index in [-0.39, 0.29) is 17.6 Å². The van der Waals surface area contributed by atoms with E-state index in [0.717, 1.165) is 42.2 Å². The molecule has 1 aliphatic heterocycles. The smallest absolute Gasteiger partial charge is 0.198 e. The predicted molar refractivity (Wildman–Crippen MR) is 104 cm³/mol. The number of fused-ring (bicyclic) bond motifs is 1. The third kappa shape index (κ3) is 4.27. The number of hydrogen-bond donors (Lipinski definition) is 2. The summed E-state index contributed by atoms with van der Waals surface area (Å²) in [7, 11) is 0. The Hall–Kier alpha value is -1.85. The highest BCUT2D eigenvalue weighted by Gasteiger charge is 2.27. The van der Waals surface area contributed by atoms with Gasteiger partial charge in [0.1, 0.15) is 37.6 Å². The Morgan fingerprint density at radius 2 is 1.96 bits per heavy atom. The fourth-order valence-corrected chi connectivity index (χ4v) is 3.78. The number of aryl methyl sites for hydroxylation is 1. The first-order chi connectivity index (χ1) is 12.3. The third-order valence-electron chi connectivity index (χ3n) is 4.91. The Kier molecular flexibility index (Phi) is 5.68. The molecule has 3 atom stereocenters. The third-order valence-corrected chi connectivity index (χ3v) is 4.91. The van der Waals surface area contributed by atoms with Gasteiger partial charge in [-0.25, -0.2) is 0 Å². The van der Waals surface area contributed by atoms with Crippen molar-refractivity contribution in [2.24, 2.45) is 5.92 Å². The zero-order valence-corrected chi connectivity index (χ0v) is 16.5. The molecule has 1 unspecified atom stereocenters. The van der Waals surface area contributed by atoms with Gasteiger partial charge < -0.3 is 19.4 Å². The Labute approximate surface area is 155 Å². The number of nitrogens with one attached hydrogen (secondary N) is 2. The molecule has 2 heterocycles. The van der Waals surface area contributed by atoms with Crippen molar-refractivity contribution in [1.82, 2.24) is 4.98 Å². The number of quaternary nitrogens is 1. The molecule has 3 rings (SSSR count). The molecule has 0 radical (unpaired) electrons. The van der Waals surface area contributed by atoms with E-state index in [2.05, 4.69) is 32.7 Å². The monoisotopic (exact) mass is 359 g/mol. The first kappa shape index (κ1) is 18.9. The Morgan fingerprint density at radius 3 is 2.62 bits per heavy atom. The van der Waals surface area contributed by atoms with Crippen LogP contribution in [0.4, 0.5) is 0 Å². The first-order valence-electron chi connectivity index (χ1n) is 9.60. The molecule has 0 spiro atoms. The number of H-pyrrole nitrogens is 1. The minimum absolute atomic E-state index is 0.116. The van der Waals surface area contributed by atoms with Crippen LogP contribution in [0.5, 0.6) is 5.75 Å². The Balaban J connectivity index is 1.91. The SMILES string of the molecule is Cc1[nH]c2ccc(OCC(C)C)cc2c(=O)c1C[NH+]1C[C@@H](C)O[C@@H](C)C1. The quantitative estimate of drug-likeness (QED) is 0.859. The number of pyridine rings is 1. The maximum atomic E-state index is 13.2. The topological polar surface area (TPSA) is 55.8 Å². The molecule has 0 saturated carbocycles. The molecule has 2 N–H and O–H groups in total. The molecule has 1 aliphatic rings. The number of aromatic nitrogens is 1. The van der Waals surface area contributed by atoms with Crippen LogP contribution in [-0.2, 0) is 11.3 Å². The lowest BCUT2D eigenvalue weighted by Gasteiger charge is -2.32. The number of hydrogen-bond acceptors (Lipinski definition) is 3. The highest BCUT2D eigenvalue weighted by atomic mass is 16.5. The fraction of sp³-hybridized carbons (Fsp3) is 0.571. The van der Waals surface area contributed by atoms with Gasteiger partial charge >= 0.3 is 0 Å². The molecule has 1 saturated heterocycles. The van der Waals surface area contributed by atoms with Crippen LogP contribution < -0.4 is 15.1 Å². The average Bonchev–Trinajstić information content (AvgIpc) is 2.56. The summed E-state index contributed by atoms with van der Waals surface area (Å²) >= 11 is 0. The van der Waals surface area contributed by atoms with Crippen molar-refractivity contribution in [3.8, 4) is 5.75 Å². The normalized spacial score (nSPS) is 23.5. The first-order valence-corrected chi connectivity index (χ1v) is 9.60. The van der Waals surface area contributed by atoms with Gasteiger partial charge in [0.05, 0.1) is 12.2 Å². The van der Waals surface area contributed by atoms with E-state index < -0.39 is 0 Å². The van der Waals surface area contributed by atoms with Crippen molar-refractivity contribution in [3.05, 3.63) is 39.7 Å². The minimum Gasteiger partial charge on any atom is -0.493 e. The van der Waals surface area contributed by atoms with Crippen molar-refractivity contribution in [2.45, 2.75) is 53.4 Å². The molecule has 26 heavy (non-hydrogen) atoms. The van der Waals surface area contributed by atoms with E-state index in [4.69, 9.17) is 9.47 Å². The van der Waals surface area contributed by atoms with Crippen LogP contribution in [0.1, 0.15) is 39.0 Å². The summed E-state index contributed by atoms with van der Waals surface area (Å²) in [5.41, 5.74) is 2.81. The number of benzene rings is 1. The lowest BCUT2D eigenvalue weighted by atomic mass is 10.1. The lowest BCUT2D eigenvalue weighted by molar-refractivity contribution is -0.928. The highest BCUT2D eigenvalue weighted by Crippen LogP contribution is 2.19. The second-order valence-corrected chi connectivity index (χ2v) is 8.06. The number of rotatable bonds is 5. The van der Waals surface area contributed by atoms with E-state index in [1.54, 1.807) is 0 Å². The van der Waals surface area contributed by atoms with Crippen LogP contribution in [0.2, 0.25) is 0 Å². The van der Waals surface area contributed by atoms with Gasteiger partial charge in [0.15, 0.2) is 5.43 Å². The summed E-state index contributed by atoms with van der Waals surface area (Å²) in [5, 5.41) is 0.709. The molecule has 1 fully saturated rings. The van der Waals surface area contributed by atoms with Crippen molar-refractivity contribution in [1.29, 1.82) is 0 Å². The van der Waals surface area contributed by atoms with Crippen LogP contribution in [0.15, 0.2) is 23.0 Å². The molecule has 2 aromatic rings. The maximum Gasteiger partial charge on any atom is 0.198 e. The van der Waals surface area contributed by atoms with Gasteiger partial charge in [0.25, 0.3) is 0 Å². The molecular weight excluding hydrogens is 328 g/mol. The van der Waals surface area contributed by atoms with E-state index >= 15 is 0 Å². The van der Waals surface area contributed by atoms with Crippen molar-refractivity contribution in [2.75, 3.05) is 19.7 Å². The van der Waals surface area contributed by atoms with Gasteiger partial charge in [-0.3, -0.25) is 4.79 Å². The van der Waals surface area contributed by atoms with Gasteiger partial charge in [0, 0.05) is 16.6 Å². The van der Waals surface area contributed by atoms with E-state index in [1.807, 2.05) is 25.1 Å². The summed E-state index contributed by atoms with van der Waals surface area (Å²) in [4.78, 5) is 18.0.